The number of rotatable bonds is 75. The number of unbranched alkanes of at least 4 members (excludes halogenated alkanes) is 27. The molecule has 0 aromatic carbocycles. The number of aliphatic hydroxyl groups excluding tert-OH is 1. The zero-order chi connectivity index (χ0) is 76.0. The predicted octanol–water partition coefficient (Wildman–Crippen LogP) is 23.7. The van der Waals surface area contributed by atoms with Gasteiger partial charge in [-0.25, -0.2) is 9.13 Å². The molecular formula is C85H144O17P2. The zero-order valence-corrected chi connectivity index (χ0v) is 66.9. The molecule has 17 nitrogen and oxygen atoms in total. The molecule has 19 heteroatoms. The van der Waals surface area contributed by atoms with E-state index in [9.17, 15) is 43.2 Å². The van der Waals surface area contributed by atoms with Gasteiger partial charge in [-0.1, -0.05) is 303 Å². The number of carbonyl (C=O) groups is 4. The van der Waals surface area contributed by atoms with Gasteiger partial charge >= 0.3 is 39.5 Å². The van der Waals surface area contributed by atoms with E-state index in [0.717, 1.165) is 128 Å². The fourth-order valence-electron chi connectivity index (χ4n) is 10.5. The Bertz CT molecular complexity index is 2490. The van der Waals surface area contributed by atoms with Crippen molar-refractivity contribution in [2.75, 3.05) is 39.6 Å². The van der Waals surface area contributed by atoms with Gasteiger partial charge in [0.15, 0.2) is 12.2 Å². The van der Waals surface area contributed by atoms with Gasteiger partial charge in [-0.3, -0.25) is 37.3 Å². The highest BCUT2D eigenvalue weighted by Gasteiger charge is 2.30. The lowest BCUT2D eigenvalue weighted by Crippen LogP contribution is -2.30. The van der Waals surface area contributed by atoms with Crippen molar-refractivity contribution in [1.82, 2.24) is 0 Å². The molecule has 0 aromatic heterocycles. The van der Waals surface area contributed by atoms with E-state index in [2.05, 4.69) is 143 Å². The Kier molecular flexibility index (Phi) is 72.9. The second kappa shape index (κ2) is 76.4. The largest absolute Gasteiger partial charge is 0.472 e. The summed E-state index contributed by atoms with van der Waals surface area (Å²) in [5.74, 6) is -2.32. The van der Waals surface area contributed by atoms with Crippen LogP contribution in [0.15, 0.2) is 134 Å². The van der Waals surface area contributed by atoms with Gasteiger partial charge in [0.05, 0.1) is 26.4 Å². The first-order valence-electron chi connectivity index (χ1n) is 40.4. The summed E-state index contributed by atoms with van der Waals surface area (Å²) >= 11 is 0. The molecule has 0 saturated heterocycles. The van der Waals surface area contributed by atoms with Gasteiger partial charge in [-0.2, -0.15) is 0 Å². The van der Waals surface area contributed by atoms with Crippen LogP contribution in [0.25, 0.3) is 0 Å². The molecule has 5 unspecified atom stereocenters. The fraction of sp³-hybridized carbons (Fsp3) is 0.694. The summed E-state index contributed by atoms with van der Waals surface area (Å²) in [5.41, 5.74) is 0. The van der Waals surface area contributed by atoms with Gasteiger partial charge < -0.3 is 33.8 Å². The number of esters is 4. The van der Waals surface area contributed by atoms with Crippen LogP contribution in [0.3, 0.4) is 0 Å². The molecule has 0 rings (SSSR count). The zero-order valence-electron chi connectivity index (χ0n) is 65.2. The van der Waals surface area contributed by atoms with Crippen LogP contribution < -0.4 is 0 Å². The van der Waals surface area contributed by atoms with E-state index >= 15 is 0 Å². The third kappa shape index (κ3) is 75.4. The topological polar surface area (TPSA) is 237 Å². The highest BCUT2D eigenvalue weighted by molar-refractivity contribution is 7.47. The summed E-state index contributed by atoms with van der Waals surface area (Å²) in [6, 6.07) is 0. The lowest BCUT2D eigenvalue weighted by Gasteiger charge is -2.21. The fourth-order valence-corrected chi connectivity index (χ4v) is 12.1. The molecule has 5 atom stereocenters. The van der Waals surface area contributed by atoms with E-state index in [4.69, 9.17) is 37.0 Å². The first-order valence-corrected chi connectivity index (χ1v) is 43.4. The smallest absolute Gasteiger partial charge is 0.462 e. The van der Waals surface area contributed by atoms with Crippen LogP contribution in [0.4, 0.5) is 0 Å². The summed E-state index contributed by atoms with van der Waals surface area (Å²) in [7, 11) is -9.99. The molecule has 0 aliphatic rings. The third-order valence-corrected chi connectivity index (χ3v) is 18.5. The molecule has 0 bridgehead atoms. The molecule has 596 valence electrons. The van der Waals surface area contributed by atoms with Gasteiger partial charge in [0, 0.05) is 25.7 Å². The van der Waals surface area contributed by atoms with E-state index in [1.165, 1.54) is 103 Å². The molecule has 0 aliphatic carbocycles. The number of allylic oxidation sites excluding steroid dienone is 22. The molecule has 0 radical (unpaired) electrons. The van der Waals surface area contributed by atoms with E-state index in [0.29, 0.717) is 38.5 Å². The Morgan fingerprint density at radius 2 is 0.519 bits per heavy atom. The van der Waals surface area contributed by atoms with Crippen LogP contribution in [0, 0.1) is 0 Å². The van der Waals surface area contributed by atoms with Crippen LogP contribution in [-0.2, 0) is 65.4 Å². The molecule has 0 heterocycles. The summed E-state index contributed by atoms with van der Waals surface area (Å²) in [6.07, 6.45) is 85.9. The second-order valence-corrected chi connectivity index (χ2v) is 29.5. The van der Waals surface area contributed by atoms with Gasteiger partial charge in [0.1, 0.15) is 19.3 Å². The second-order valence-electron chi connectivity index (χ2n) is 26.6. The van der Waals surface area contributed by atoms with Crippen molar-refractivity contribution < 1.29 is 80.2 Å². The van der Waals surface area contributed by atoms with E-state index in [1.807, 2.05) is 18.2 Å². The van der Waals surface area contributed by atoms with E-state index in [1.54, 1.807) is 0 Å². The first-order chi connectivity index (χ1) is 50.7. The molecule has 104 heavy (non-hydrogen) atoms. The molecule has 0 fully saturated rings. The minimum absolute atomic E-state index is 0.0235. The average molecular weight is 1500 g/mol. The molecule has 0 aliphatic heterocycles. The number of phosphoric ester groups is 2. The monoisotopic (exact) mass is 1500 g/mol. The van der Waals surface area contributed by atoms with Crippen LogP contribution >= 0.6 is 15.6 Å². The normalized spacial score (nSPS) is 14.6. The van der Waals surface area contributed by atoms with Crippen molar-refractivity contribution in [3.63, 3.8) is 0 Å². The Labute approximate surface area is 631 Å². The summed E-state index contributed by atoms with van der Waals surface area (Å²) < 4.78 is 68.5. The Morgan fingerprint density at radius 1 is 0.279 bits per heavy atom. The Balaban J connectivity index is 5.46. The number of phosphoric acid groups is 2. The van der Waals surface area contributed by atoms with Crippen molar-refractivity contribution in [2.45, 2.75) is 341 Å². The van der Waals surface area contributed by atoms with Gasteiger partial charge in [-0.05, 0) is 128 Å². The Hall–Kier alpha value is -4.80. The van der Waals surface area contributed by atoms with E-state index < -0.39 is 97.5 Å². The molecule has 0 spiro atoms. The molecule has 0 amide bonds. The maximum absolute atomic E-state index is 13.1. The van der Waals surface area contributed by atoms with Crippen LogP contribution in [0.1, 0.15) is 323 Å². The molecule has 3 N–H and O–H groups in total. The van der Waals surface area contributed by atoms with Gasteiger partial charge in [-0.15, -0.1) is 0 Å². The summed E-state index contributed by atoms with van der Waals surface area (Å²) in [4.78, 5) is 73.0. The molecule has 0 aromatic rings. The van der Waals surface area contributed by atoms with Crippen molar-refractivity contribution in [3.05, 3.63) is 134 Å². The average Bonchev–Trinajstić information content (AvgIpc) is 0.918. The van der Waals surface area contributed by atoms with Crippen LogP contribution in [0.2, 0.25) is 0 Å². The number of aliphatic hydroxyl groups is 1. The lowest BCUT2D eigenvalue weighted by atomic mass is 10.0. The highest BCUT2D eigenvalue weighted by Crippen LogP contribution is 2.45. The predicted molar refractivity (Wildman–Crippen MR) is 427 cm³/mol. The summed E-state index contributed by atoms with van der Waals surface area (Å²) in [5, 5.41) is 10.6. The van der Waals surface area contributed by atoms with Crippen molar-refractivity contribution in [1.29, 1.82) is 0 Å². The summed E-state index contributed by atoms with van der Waals surface area (Å²) in [6.45, 7) is 4.53. The number of hydrogen-bond donors (Lipinski definition) is 3. The van der Waals surface area contributed by atoms with Crippen molar-refractivity contribution >= 4 is 39.5 Å². The first kappa shape index (κ1) is 99.2. The standard InChI is InChI=1S/C85H144O17P2/c1-5-9-13-17-21-25-29-33-37-38-39-40-44-46-50-54-58-62-66-70-83(88)96-76-81(102-85(90)72-68-64-60-56-52-48-43-36-32-28-24-20-16-12-8-4)78-100-104(93,94)98-74-79(86)73-97-103(91,92)99-77-80(101-84(89)71-67-63-59-55-51-47-42-35-31-27-23-19-15-11-7-3)75-95-82(87)69-65-61-57-53-49-45-41-34-30-26-22-18-14-10-6-2/h9,12-13,16,21,24-25,28,33-34,36-37,39-41,43,46,50,52,56,58,62,79-81,86H,5-8,10-11,14-15,17-20,22-23,26-27,29-32,35,38,42,44-45,47-49,51,53-55,57,59-61,63-78H2,1-4H3,(H,91,92)(H,93,94)/b13-9-,16-12-,25-21-,28-24-,37-33-,40-39-,41-34-,43-36-,50-46-,56-52-,62-58-. The SMILES string of the molecule is CC/C=C\C/C=C\C/C=C\C/C=C\C/C=C\C/C=C\CCC(=O)OCC(COP(=O)(O)OCC(O)COP(=O)(O)OCC(COC(=O)CCCCCCC/C=C\CCCCCCCC)OC(=O)CCCCCCCCCCCCCCCCC)OC(=O)CCCC/C=C\C/C=C\C/C=C\C/C=C\CC. The minimum Gasteiger partial charge on any atom is -0.462 e. The maximum Gasteiger partial charge on any atom is 0.472 e. The molecular weight excluding hydrogens is 1350 g/mol. The minimum atomic E-state index is -5.01. The third-order valence-electron chi connectivity index (χ3n) is 16.6. The van der Waals surface area contributed by atoms with E-state index in [-0.39, 0.29) is 25.7 Å². The van der Waals surface area contributed by atoms with Crippen LogP contribution in [-0.4, -0.2) is 96.7 Å². The molecule has 0 saturated carbocycles. The van der Waals surface area contributed by atoms with Crippen LogP contribution in [0.5, 0.6) is 0 Å². The van der Waals surface area contributed by atoms with Gasteiger partial charge in [0.25, 0.3) is 0 Å². The van der Waals surface area contributed by atoms with Crippen molar-refractivity contribution in [3.8, 4) is 0 Å². The van der Waals surface area contributed by atoms with Gasteiger partial charge in [0.2, 0.25) is 0 Å². The lowest BCUT2D eigenvalue weighted by molar-refractivity contribution is -0.161. The van der Waals surface area contributed by atoms with Crippen molar-refractivity contribution in [2.24, 2.45) is 0 Å². The number of ether oxygens (including phenoxy) is 4. The quantitative estimate of drug-likeness (QED) is 0.0169. The Morgan fingerprint density at radius 3 is 0.856 bits per heavy atom. The maximum atomic E-state index is 13.1. The number of hydrogen-bond acceptors (Lipinski definition) is 15. The highest BCUT2D eigenvalue weighted by atomic mass is 31.2. The number of carbonyl (C=O) groups excluding carboxylic acids is 4.